The van der Waals surface area contributed by atoms with Crippen LogP contribution in [0.2, 0.25) is 0 Å². The number of rotatable bonds is 4. The van der Waals surface area contributed by atoms with E-state index < -0.39 is 0 Å². The normalized spacial score (nSPS) is 12.2. The van der Waals surface area contributed by atoms with Crippen LogP contribution in [0.3, 0.4) is 0 Å². The second-order valence-corrected chi connectivity index (χ2v) is 5.81. The molecule has 1 aromatic heterocycles. The van der Waals surface area contributed by atoms with Gasteiger partial charge >= 0.3 is 0 Å². The Kier molecular flexibility index (Phi) is 4.59. The van der Waals surface area contributed by atoms with Crippen LogP contribution >= 0.6 is 23.6 Å². The number of carbonyl (C=O) groups is 1. The first-order chi connectivity index (χ1) is 7.82. The molecule has 6 heteroatoms. The van der Waals surface area contributed by atoms with Gasteiger partial charge in [0, 0.05) is 19.5 Å². The molecule has 0 aromatic carbocycles. The smallest absolute Gasteiger partial charge is 0.265 e. The molecule has 2 N–H and O–H groups in total. The number of amides is 1. The Morgan fingerprint density at radius 1 is 1.59 bits per heavy atom. The predicted molar refractivity (Wildman–Crippen MR) is 74.5 cm³/mol. The SMILES string of the molecule is Cc1nc(C)c(C(=O)N(C)C(C)CC(N)=S)s1. The third-order valence-electron chi connectivity index (χ3n) is 2.58. The summed E-state index contributed by atoms with van der Waals surface area (Å²) >= 11 is 6.27. The first-order valence-electron chi connectivity index (χ1n) is 5.32. The van der Waals surface area contributed by atoms with Gasteiger partial charge in [-0.3, -0.25) is 4.79 Å². The Morgan fingerprint density at radius 3 is 2.59 bits per heavy atom. The van der Waals surface area contributed by atoms with Crippen LogP contribution in [-0.2, 0) is 0 Å². The molecule has 0 saturated carbocycles. The van der Waals surface area contributed by atoms with Crippen LogP contribution in [0.1, 0.15) is 33.7 Å². The highest BCUT2D eigenvalue weighted by atomic mass is 32.1. The molecule has 0 aliphatic rings. The summed E-state index contributed by atoms with van der Waals surface area (Å²) in [6.45, 7) is 5.68. The molecule has 94 valence electrons. The average Bonchev–Trinajstić information content (AvgIpc) is 2.54. The van der Waals surface area contributed by atoms with E-state index >= 15 is 0 Å². The van der Waals surface area contributed by atoms with Crippen molar-refractivity contribution in [3.63, 3.8) is 0 Å². The minimum atomic E-state index is -0.0168. The lowest BCUT2D eigenvalue weighted by Gasteiger charge is -2.24. The lowest BCUT2D eigenvalue weighted by Crippen LogP contribution is -2.37. The second kappa shape index (κ2) is 5.55. The van der Waals surface area contributed by atoms with Crippen LogP contribution < -0.4 is 5.73 Å². The number of thiocarbonyl (C=S) groups is 1. The number of carbonyl (C=O) groups excluding carboxylic acids is 1. The highest BCUT2D eigenvalue weighted by Gasteiger charge is 2.21. The van der Waals surface area contributed by atoms with Crippen molar-refractivity contribution in [2.75, 3.05) is 7.05 Å². The van der Waals surface area contributed by atoms with Gasteiger partial charge in [-0.05, 0) is 20.8 Å². The molecule has 17 heavy (non-hydrogen) atoms. The first-order valence-corrected chi connectivity index (χ1v) is 6.55. The predicted octanol–water partition coefficient (Wildman–Crippen LogP) is 1.90. The van der Waals surface area contributed by atoms with Gasteiger partial charge in [-0.15, -0.1) is 11.3 Å². The summed E-state index contributed by atoms with van der Waals surface area (Å²) in [5, 5.41) is 0.904. The molecule has 1 rings (SSSR count). The van der Waals surface area contributed by atoms with Crippen LogP contribution in [0.5, 0.6) is 0 Å². The lowest BCUT2D eigenvalue weighted by atomic mass is 10.2. The third-order valence-corrected chi connectivity index (χ3v) is 3.80. The summed E-state index contributed by atoms with van der Waals surface area (Å²) in [6.07, 6.45) is 0.536. The fraction of sp³-hybridized carbons (Fsp3) is 0.545. The molecule has 0 radical (unpaired) electrons. The van der Waals surface area contributed by atoms with Gasteiger partial charge < -0.3 is 10.6 Å². The number of hydrogen-bond donors (Lipinski definition) is 1. The molecule has 0 fully saturated rings. The van der Waals surface area contributed by atoms with Gasteiger partial charge in [0.25, 0.3) is 5.91 Å². The zero-order valence-corrected chi connectivity index (χ0v) is 12.1. The van der Waals surface area contributed by atoms with E-state index in [1.165, 1.54) is 11.3 Å². The van der Waals surface area contributed by atoms with Gasteiger partial charge in [0.15, 0.2) is 0 Å². The van der Waals surface area contributed by atoms with Crippen molar-refractivity contribution in [1.29, 1.82) is 0 Å². The second-order valence-electron chi connectivity index (χ2n) is 4.08. The molecule has 0 spiro atoms. The van der Waals surface area contributed by atoms with Crippen LogP contribution in [0.4, 0.5) is 0 Å². The molecule has 1 aromatic rings. The topological polar surface area (TPSA) is 59.2 Å². The van der Waals surface area contributed by atoms with Crippen molar-refractivity contribution in [3.05, 3.63) is 15.6 Å². The van der Waals surface area contributed by atoms with E-state index in [0.717, 1.165) is 10.7 Å². The summed E-state index contributed by atoms with van der Waals surface area (Å²) in [5.74, 6) is -0.0168. The standard InChI is InChI=1S/C11H17N3OS2/c1-6(5-9(12)16)14(4)11(15)10-7(2)13-8(3)17-10/h6H,5H2,1-4H3,(H2,12,16). The molecule has 0 aliphatic carbocycles. The molecular formula is C11H17N3OS2. The van der Waals surface area contributed by atoms with E-state index in [0.29, 0.717) is 16.3 Å². The number of hydrogen-bond acceptors (Lipinski definition) is 4. The molecule has 1 unspecified atom stereocenters. The molecule has 1 amide bonds. The first kappa shape index (κ1) is 14.1. The van der Waals surface area contributed by atoms with E-state index in [1.54, 1.807) is 11.9 Å². The van der Waals surface area contributed by atoms with Crippen LogP contribution in [-0.4, -0.2) is 33.9 Å². The van der Waals surface area contributed by atoms with Gasteiger partial charge in [-0.2, -0.15) is 0 Å². The molecule has 0 bridgehead atoms. The van der Waals surface area contributed by atoms with E-state index in [9.17, 15) is 4.79 Å². The fourth-order valence-corrected chi connectivity index (χ4v) is 2.66. The minimum Gasteiger partial charge on any atom is -0.393 e. The maximum Gasteiger partial charge on any atom is 0.265 e. The zero-order chi connectivity index (χ0) is 13.2. The largest absolute Gasteiger partial charge is 0.393 e. The average molecular weight is 271 g/mol. The molecule has 1 heterocycles. The van der Waals surface area contributed by atoms with E-state index in [2.05, 4.69) is 4.98 Å². The van der Waals surface area contributed by atoms with Crippen molar-refractivity contribution in [3.8, 4) is 0 Å². The van der Waals surface area contributed by atoms with Gasteiger partial charge in [-0.1, -0.05) is 12.2 Å². The Morgan fingerprint density at radius 2 is 2.18 bits per heavy atom. The summed E-state index contributed by atoms with van der Waals surface area (Å²) in [7, 11) is 1.76. The quantitative estimate of drug-likeness (QED) is 0.850. The van der Waals surface area contributed by atoms with Gasteiger partial charge in [0.1, 0.15) is 4.88 Å². The van der Waals surface area contributed by atoms with Crippen molar-refractivity contribution < 1.29 is 4.79 Å². The van der Waals surface area contributed by atoms with Crippen molar-refractivity contribution in [2.45, 2.75) is 33.2 Å². The Bertz CT molecular complexity index is 442. The van der Waals surface area contributed by atoms with E-state index in [1.807, 2.05) is 20.8 Å². The van der Waals surface area contributed by atoms with E-state index in [-0.39, 0.29) is 11.9 Å². The number of thiazole rings is 1. The Hall–Kier alpha value is -1.01. The molecular weight excluding hydrogens is 254 g/mol. The van der Waals surface area contributed by atoms with Crippen LogP contribution in [0.15, 0.2) is 0 Å². The number of nitrogens with zero attached hydrogens (tertiary/aromatic N) is 2. The zero-order valence-electron chi connectivity index (χ0n) is 10.5. The molecule has 0 aliphatic heterocycles. The lowest BCUT2D eigenvalue weighted by molar-refractivity contribution is 0.0752. The monoisotopic (exact) mass is 271 g/mol. The molecule has 0 saturated heterocycles. The highest BCUT2D eigenvalue weighted by molar-refractivity contribution is 7.80. The van der Waals surface area contributed by atoms with Crippen molar-refractivity contribution >= 4 is 34.5 Å². The third kappa shape index (κ3) is 3.47. The summed E-state index contributed by atoms with van der Waals surface area (Å²) in [6, 6.07) is 0.00167. The minimum absolute atomic E-state index is 0.00167. The summed E-state index contributed by atoms with van der Waals surface area (Å²) in [4.78, 5) is 19.3. The van der Waals surface area contributed by atoms with Crippen LogP contribution in [0, 0.1) is 13.8 Å². The summed E-state index contributed by atoms with van der Waals surface area (Å²) in [5.41, 5.74) is 6.27. The van der Waals surface area contributed by atoms with Gasteiger partial charge in [-0.25, -0.2) is 4.98 Å². The highest BCUT2D eigenvalue weighted by Crippen LogP contribution is 2.20. The van der Waals surface area contributed by atoms with Crippen molar-refractivity contribution in [1.82, 2.24) is 9.88 Å². The molecule has 1 atom stereocenters. The number of aromatic nitrogens is 1. The van der Waals surface area contributed by atoms with E-state index in [4.69, 9.17) is 18.0 Å². The Labute approximate surface area is 111 Å². The number of aryl methyl sites for hydroxylation is 2. The molecule has 4 nitrogen and oxygen atoms in total. The van der Waals surface area contributed by atoms with Gasteiger partial charge in [0.05, 0.1) is 15.7 Å². The maximum absolute atomic E-state index is 12.2. The van der Waals surface area contributed by atoms with Crippen LogP contribution in [0.25, 0.3) is 0 Å². The Balaban J connectivity index is 2.83. The number of nitrogens with two attached hydrogens (primary N) is 1. The fourth-order valence-electron chi connectivity index (χ4n) is 1.52. The van der Waals surface area contributed by atoms with Gasteiger partial charge in [0.2, 0.25) is 0 Å². The maximum atomic E-state index is 12.2. The summed E-state index contributed by atoms with van der Waals surface area (Å²) < 4.78 is 0. The van der Waals surface area contributed by atoms with Crippen molar-refractivity contribution in [2.24, 2.45) is 5.73 Å².